The van der Waals surface area contributed by atoms with Crippen molar-refractivity contribution in [3.63, 3.8) is 0 Å². The Hall–Kier alpha value is -1.16. The summed E-state index contributed by atoms with van der Waals surface area (Å²) in [6, 6.07) is 0. The lowest BCUT2D eigenvalue weighted by atomic mass is 10.1. The molecule has 4 nitrogen and oxygen atoms in total. The Morgan fingerprint density at radius 3 is 2.71 bits per heavy atom. The van der Waals surface area contributed by atoms with Gasteiger partial charge in [-0.25, -0.2) is 0 Å². The van der Waals surface area contributed by atoms with Crippen molar-refractivity contribution < 1.29 is 9.59 Å². The largest absolute Gasteiger partial charge is 0.299 e. The number of imide groups is 1. The molecule has 0 radical (unpaired) electrons. The van der Waals surface area contributed by atoms with Gasteiger partial charge in [0.1, 0.15) is 0 Å². The normalized spacial score (nSPS) is 28.6. The van der Waals surface area contributed by atoms with Gasteiger partial charge in [0, 0.05) is 18.7 Å². The van der Waals surface area contributed by atoms with Crippen LogP contribution >= 0.6 is 0 Å². The van der Waals surface area contributed by atoms with Gasteiger partial charge >= 0.3 is 0 Å². The Labute approximate surface area is 83.0 Å². The maximum Gasteiger partial charge on any atom is 0.254 e. The first-order chi connectivity index (χ1) is 6.70. The van der Waals surface area contributed by atoms with Gasteiger partial charge in [-0.1, -0.05) is 6.92 Å². The maximum atomic E-state index is 11.4. The highest BCUT2D eigenvalue weighted by atomic mass is 16.2. The summed E-state index contributed by atoms with van der Waals surface area (Å²) in [5, 5.41) is 2.32. The molecule has 0 atom stereocenters. The van der Waals surface area contributed by atoms with E-state index in [0.29, 0.717) is 5.57 Å². The molecule has 2 fully saturated rings. The van der Waals surface area contributed by atoms with E-state index in [9.17, 15) is 9.59 Å². The van der Waals surface area contributed by atoms with Gasteiger partial charge in [-0.15, -0.1) is 0 Å². The molecule has 0 spiro atoms. The first kappa shape index (κ1) is 9.40. The minimum atomic E-state index is -0.178. The third kappa shape index (κ3) is 1.57. The molecule has 2 saturated heterocycles. The van der Waals surface area contributed by atoms with Gasteiger partial charge in [0.2, 0.25) is 5.91 Å². The smallest absolute Gasteiger partial charge is 0.254 e. The number of hydrogen-bond acceptors (Lipinski definition) is 3. The van der Waals surface area contributed by atoms with Gasteiger partial charge in [-0.2, -0.15) is 0 Å². The molecule has 4 heteroatoms. The van der Waals surface area contributed by atoms with Crippen LogP contribution in [0.15, 0.2) is 11.1 Å². The highest BCUT2D eigenvalue weighted by molar-refractivity contribution is 6.13. The van der Waals surface area contributed by atoms with E-state index in [4.69, 9.17) is 0 Å². The minimum absolute atomic E-state index is 0.160. The zero-order valence-electron chi connectivity index (χ0n) is 8.30. The zero-order chi connectivity index (χ0) is 10.1. The number of amides is 2. The molecule has 2 heterocycles. The average molecular weight is 194 g/mol. The number of likely N-dealkylation sites (tertiary alicyclic amines) is 1. The highest BCUT2D eigenvalue weighted by Crippen LogP contribution is 2.23. The Bertz CT molecular complexity index is 320. The van der Waals surface area contributed by atoms with Gasteiger partial charge in [-0.3, -0.25) is 19.8 Å². The molecule has 14 heavy (non-hydrogen) atoms. The Balaban J connectivity index is 2.17. The van der Waals surface area contributed by atoms with Crippen molar-refractivity contribution in [2.24, 2.45) is 0 Å². The van der Waals surface area contributed by atoms with E-state index in [1.54, 1.807) is 0 Å². The number of rotatable bonds is 1. The van der Waals surface area contributed by atoms with Crippen molar-refractivity contribution in [1.82, 2.24) is 10.2 Å². The van der Waals surface area contributed by atoms with E-state index in [-0.39, 0.29) is 18.2 Å². The summed E-state index contributed by atoms with van der Waals surface area (Å²) in [4.78, 5) is 24.6. The van der Waals surface area contributed by atoms with Crippen LogP contribution in [0.1, 0.15) is 19.8 Å². The molecule has 76 valence electrons. The zero-order valence-corrected chi connectivity index (χ0v) is 8.30. The molecule has 2 rings (SSSR count). The van der Waals surface area contributed by atoms with Crippen LogP contribution in [0.5, 0.6) is 0 Å². The van der Waals surface area contributed by atoms with E-state index >= 15 is 0 Å². The molecule has 1 N–H and O–H groups in total. The molecule has 0 unspecified atom stereocenters. The standard InChI is InChI=1S/C10H14N2O2/c1-2-12-4-3-7(6-12)8-5-9(13)11-10(8)14/h2-6H2,1H3,(H,11,13,14)/b8-7+. The topological polar surface area (TPSA) is 49.4 Å². The molecule has 0 bridgehead atoms. The van der Waals surface area contributed by atoms with Gasteiger partial charge in [0.15, 0.2) is 0 Å². The van der Waals surface area contributed by atoms with Crippen LogP contribution in [-0.4, -0.2) is 36.3 Å². The van der Waals surface area contributed by atoms with E-state index in [2.05, 4.69) is 17.1 Å². The third-order valence-corrected chi connectivity index (χ3v) is 2.88. The molecule has 2 aliphatic rings. The highest BCUT2D eigenvalue weighted by Gasteiger charge is 2.29. The molecular formula is C10H14N2O2. The van der Waals surface area contributed by atoms with Crippen molar-refractivity contribution in [2.45, 2.75) is 19.8 Å². The lowest BCUT2D eigenvalue weighted by Crippen LogP contribution is -2.20. The minimum Gasteiger partial charge on any atom is -0.299 e. The quantitative estimate of drug-likeness (QED) is 0.474. The Morgan fingerprint density at radius 2 is 2.21 bits per heavy atom. The lowest BCUT2D eigenvalue weighted by Gasteiger charge is -2.09. The fraction of sp³-hybridized carbons (Fsp3) is 0.600. The van der Waals surface area contributed by atoms with E-state index < -0.39 is 0 Å². The summed E-state index contributed by atoms with van der Waals surface area (Å²) in [6.07, 6.45) is 1.22. The maximum absolute atomic E-state index is 11.4. The summed E-state index contributed by atoms with van der Waals surface area (Å²) < 4.78 is 0. The van der Waals surface area contributed by atoms with Gasteiger partial charge < -0.3 is 0 Å². The summed E-state index contributed by atoms with van der Waals surface area (Å²) >= 11 is 0. The molecular weight excluding hydrogens is 180 g/mol. The number of nitrogens with one attached hydrogen (secondary N) is 1. The van der Waals surface area contributed by atoms with Crippen molar-refractivity contribution in [1.29, 1.82) is 0 Å². The summed E-state index contributed by atoms with van der Waals surface area (Å²) in [7, 11) is 0. The van der Waals surface area contributed by atoms with Crippen LogP contribution in [0.3, 0.4) is 0 Å². The van der Waals surface area contributed by atoms with Gasteiger partial charge in [0.05, 0.1) is 6.42 Å². The first-order valence-corrected chi connectivity index (χ1v) is 4.98. The van der Waals surface area contributed by atoms with E-state index in [1.165, 1.54) is 0 Å². The average Bonchev–Trinajstić information content (AvgIpc) is 2.71. The number of carbonyl (C=O) groups excluding carboxylic acids is 2. The predicted octanol–water partition coefficient (Wildman–Crippen LogP) is 0.0551. The molecule has 0 saturated carbocycles. The van der Waals surface area contributed by atoms with E-state index in [1.807, 2.05) is 0 Å². The Morgan fingerprint density at radius 1 is 1.43 bits per heavy atom. The monoisotopic (exact) mass is 194 g/mol. The molecule has 0 aromatic rings. The van der Waals surface area contributed by atoms with Crippen molar-refractivity contribution >= 4 is 11.8 Å². The molecule has 2 amide bonds. The SMILES string of the molecule is CCN1CC/C(=C2/CC(=O)NC2=O)C1. The van der Waals surface area contributed by atoms with Gasteiger partial charge in [0.25, 0.3) is 5.91 Å². The lowest BCUT2D eigenvalue weighted by molar-refractivity contribution is -0.124. The van der Waals surface area contributed by atoms with Crippen LogP contribution in [-0.2, 0) is 9.59 Å². The second-order valence-electron chi connectivity index (χ2n) is 3.75. The van der Waals surface area contributed by atoms with Crippen LogP contribution in [0, 0.1) is 0 Å². The van der Waals surface area contributed by atoms with Gasteiger partial charge in [-0.05, 0) is 18.5 Å². The fourth-order valence-corrected chi connectivity index (χ4v) is 2.01. The first-order valence-electron chi connectivity index (χ1n) is 4.98. The number of carbonyl (C=O) groups is 2. The van der Waals surface area contributed by atoms with Crippen LogP contribution in [0.4, 0.5) is 0 Å². The molecule has 0 aromatic carbocycles. The Kier molecular flexibility index (Phi) is 2.37. The van der Waals surface area contributed by atoms with Crippen molar-refractivity contribution in [3.05, 3.63) is 11.1 Å². The predicted molar refractivity (Wildman–Crippen MR) is 51.5 cm³/mol. The van der Waals surface area contributed by atoms with Crippen LogP contribution < -0.4 is 5.32 Å². The summed E-state index contributed by atoms with van der Waals surface area (Å²) in [5.74, 6) is -0.338. The molecule has 0 aromatic heterocycles. The fourth-order valence-electron chi connectivity index (χ4n) is 2.01. The number of nitrogens with zero attached hydrogens (tertiary/aromatic N) is 1. The summed E-state index contributed by atoms with van der Waals surface area (Å²) in [6.45, 7) is 4.98. The second kappa shape index (κ2) is 3.53. The number of hydrogen-bond donors (Lipinski definition) is 1. The van der Waals surface area contributed by atoms with Crippen molar-refractivity contribution in [3.8, 4) is 0 Å². The summed E-state index contributed by atoms with van der Waals surface area (Å²) in [5.41, 5.74) is 1.86. The number of likely N-dealkylation sites (N-methyl/N-ethyl adjacent to an activating group) is 1. The third-order valence-electron chi connectivity index (χ3n) is 2.88. The molecule has 2 aliphatic heterocycles. The molecule has 0 aliphatic carbocycles. The van der Waals surface area contributed by atoms with E-state index in [0.717, 1.165) is 31.6 Å². The second-order valence-corrected chi connectivity index (χ2v) is 3.75. The van der Waals surface area contributed by atoms with Crippen LogP contribution in [0.25, 0.3) is 0 Å². The van der Waals surface area contributed by atoms with Crippen molar-refractivity contribution in [2.75, 3.05) is 19.6 Å². The van der Waals surface area contributed by atoms with Crippen LogP contribution in [0.2, 0.25) is 0 Å².